The second-order valence-corrected chi connectivity index (χ2v) is 13.8. The molecule has 426 valence electrons. The van der Waals surface area contributed by atoms with Crippen molar-refractivity contribution in [3.8, 4) is 498 Å². The molecular formula is C95H18N2O3. The Bertz CT molecular complexity index is 6440. The lowest BCUT2D eigenvalue weighted by Gasteiger charge is -2.13. The Balaban J connectivity index is 0.00000572. The molecule has 100 heavy (non-hydrogen) atoms. The highest BCUT2D eigenvalue weighted by Gasteiger charge is 2.22. The molecule has 0 radical (unpaired) electrons. The van der Waals surface area contributed by atoms with Gasteiger partial charge in [-0.3, -0.25) is 19.3 Å². The summed E-state index contributed by atoms with van der Waals surface area (Å²) in [5, 5.41) is 2.64. The molecule has 0 aliphatic carbocycles. The van der Waals surface area contributed by atoms with Gasteiger partial charge in [-0.05, 0) is 108 Å². The van der Waals surface area contributed by atoms with Gasteiger partial charge in [-0.25, -0.2) is 0 Å². The van der Waals surface area contributed by atoms with E-state index in [4.69, 9.17) is 6.42 Å². The van der Waals surface area contributed by atoms with Gasteiger partial charge in [0.1, 0.15) is 0 Å². The molecule has 1 aliphatic heterocycles. The fourth-order valence-electron chi connectivity index (χ4n) is 3.84. The van der Waals surface area contributed by atoms with Crippen LogP contribution >= 0.6 is 0 Å². The summed E-state index contributed by atoms with van der Waals surface area (Å²) in [5.74, 6) is 206. The van der Waals surface area contributed by atoms with E-state index in [0.29, 0.717) is 13.0 Å². The van der Waals surface area contributed by atoms with Crippen molar-refractivity contribution in [3.05, 3.63) is 12.2 Å². The third-order valence-electron chi connectivity index (χ3n) is 7.23. The summed E-state index contributed by atoms with van der Waals surface area (Å²) in [7, 11) is 0. The van der Waals surface area contributed by atoms with Crippen molar-refractivity contribution < 1.29 is 14.4 Å². The van der Waals surface area contributed by atoms with Crippen LogP contribution in [0.4, 0.5) is 0 Å². The molecule has 3 amide bonds. The minimum Gasteiger partial charge on any atom is -0.354 e. The van der Waals surface area contributed by atoms with E-state index in [9.17, 15) is 14.4 Å². The van der Waals surface area contributed by atoms with E-state index in [1.807, 2.05) is 6.92 Å². The molecule has 1 heterocycles. The van der Waals surface area contributed by atoms with E-state index in [1.165, 1.54) is 12.2 Å². The van der Waals surface area contributed by atoms with E-state index in [1.54, 1.807) is 6.92 Å². The van der Waals surface area contributed by atoms with Crippen LogP contribution in [0.2, 0.25) is 0 Å². The summed E-state index contributed by atoms with van der Waals surface area (Å²) < 4.78 is 0. The first-order chi connectivity index (χ1) is 49.6. The van der Waals surface area contributed by atoms with E-state index in [2.05, 4.69) is 497 Å². The highest BCUT2D eigenvalue weighted by atomic mass is 16.2. The Hall–Kier alpha value is -20.1. The van der Waals surface area contributed by atoms with Crippen molar-refractivity contribution in [1.82, 2.24) is 10.2 Å². The van der Waals surface area contributed by atoms with Gasteiger partial charge in [0.2, 0.25) is 5.91 Å². The third-order valence-corrected chi connectivity index (χ3v) is 7.23. The number of carbonyl (C=O) groups excluding carboxylic acids is 3. The van der Waals surface area contributed by atoms with Gasteiger partial charge in [0.15, 0.2) is 0 Å². The Kier molecular flexibility index (Phi) is 57.0. The lowest BCUT2D eigenvalue weighted by molar-refractivity contribution is -0.137. The zero-order valence-corrected chi connectivity index (χ0v) is 51.7. The first-order valence-corrected chi connectivity index (χ1v) is 26.2. The Labute approximate surface area is 588 Å². The van der Waals surface area contributed by atoms with Gasteiger partial charge >= 0.3 is 0 Å². The fourth-order valence-corrected chi connectivity index (χ4v) is 3.84. The molecule has 0 spiro atoms. The van der Waals surface area contributed by atoms with Crippen LogP contribution in [-0.4, -0.2) is 35.7 Å². The predicted octanol–water partition coefficient (Wildman–Crippen LogP) is 0.607. The number of nitrogens with one attached hydrogen (secondary N) is 1. The molecule has 0 saturated carbocycles. The summed E-state index contributed by atoms with van der Waals surface area (Å²) in [6.07, 6.45) is 8.67. The van der Waals surface area contributed by atoms with Crippen LogP contribution in [0.5, 0.6) is 0 Å². The number of rotatable bonds is 5. The topological polar surface area (TPSA) is 66.5 Å². The summed E-state index contributed by atoms with van der Waals surface area (Å²) in [6, 6.07) is 0. The Morgan fingerprint density at radius 2 is 0.410 bits per heavy atom. The van der Waals surface area contributed by atoms with E-state index in [0.717, 1.165) is 11.3 Å². The second kappa shape index (κ2) is 71.4. The average molecular weight is 1240 g/mol. The Morgan fingerprint density at radius 3 is 0.540 bits per heavy atom. The molecular weight excluding hydrogens is 1220 g/mol. The van der Waals surface area contributed by atoms with Gasteiger partial charge in [0, 0.05) is 422 Å². The largest absolute Gasteiger partial charge is 0.354 e. The van der Waals surface area contributed by atoms with Crippen molar-refractivity contribution in [2.45, 2.75) is 26.7 Å². The number of hydrogen-bond donors (Lipinski definition) is 1. The zero-order chi connectivity index (χ0) is 71.9. The number of carbonyl (C=O) groups is 3. The zero-order valence-electron chi connectivity index (χ0n) is 51.7. The molecule has 0 fully saturated rings. The van der Waals surface area contributed by atoms with E-state index in [-0.39, 0.29) is 24.3 Å². The van der Waals surface area contributed by atoms with Crippen LogP contribution in [0.15, 0.2) is 12.2 Å². The highest BCUT2D eigenvalue weighted by Crippen LogP contribution is 2.01. The summed E-state index contributed by atoms with van der Waals surface area (Å²) in [4.78, 5) is 34.4. The Morgan fingerprint density at radius 1 is 0.270 bits per heavy atom. The molecule has 1 rings (SSSR count). The SMILES string of the molecule is C#CC#CC#CC#CC#CC#CC#CC#CC#CC#CC#CC#CC#CC#CC#CC#CC#CC#CC#CC#CC#CC#CC#CC#CC#CC#CC#CC#CC#CC#CC#CC#CC#CC#CC#CC#CC#CC#CC#CC#CC#CC#CC.CCCC(=O)NCCN1C(=O)C=CC1=O. The molecule has 0 unspecified atom stereocenters. The van der Waals surface area contributed by atoms with Crippen molar-refractivity contribution in [1.29, 1.82) is 0 Å². The van der Waals surface area contributed by atoms with Gasteiger partial charge in [-0.1, -0.05) is 12.8 Å². The average Bonchev–Trinajstić information content (AvgIpc) is 1.76. The summed E-state index contributed by atoms with van der Waals surface area (Å²) in [5.41, 5.74) is 0. The van der Waals surface area contributed by atoms with Gasteiger partial charge in [0.25, 0.3) is 11.8 Å². The maximum absolute atomic E-state index is 11.1. The molecule has 0 aromatic heterocycles. The lowest BCUT2D eigenvalue weighted by atomic mass is 10.3. The van der Waals surface area contributed by atoms with Crippen LogP contribution in [0.3, 0.4) is 0 Å². The van der Waals surface area contributed by atoms with Crippen LogP contribution < -0.4 is 5.32 Å². The predicted molar refractivity (Wildman–Crippen MR) is 387 cm³/mol. The maximum atomic E-state index is 11.1. The quantitative estimate of drug-likeness (QED) is 0.325. The molecule has 5 nitrogen and oxygen atoms in total. The van der Waals surface area contributed by atoms with Crippen LogP contribution in [0.1, 0.15) is 26.7 Å². The van der Waals surface area contributed by atoms with Gasteiger partial charge in [-0.15, -0.1) is 6.42 Å². The standard InChI is InChI=1S/C85H4.C10H14N2O3/c1-3-5-7-9-11-13-15-17-19-21-23-25-27-29-31-33-35-37-39-41-43-45-47-49-51-53-55-57-59-61-63-65-67-69-71-73-75-77-79-81-83-85-84-82-80-78-76-74-72-70-68-66-64-62-60-58-56-54-52-50-48-46-44-42-40-38-36-34-32-30-28-26-24-22-20-18-16-14-12-10-8-6-4-2;1-2-3-8(13)11-6-7-12-9(14)4-5-10(12)15/h1H,2H3;4-5H,2-3,6-7H2,1H3,(H,11,13). The minimum absolute atomic E-state index is 0.0513. The number of imide groups is 1. The van der Waals surface area contributed by atoms with Crippen LogP contribution in [0.25, 0.3) is 0 Å². The van der Waals surface area contributed by atoms with Crippen molar-refractivity contribution in [3.63, 3.8) is 0 Å². The van der Waals surface area contributed by atoms with Crippen molar-refractivity contribution in [2.75, 3.05) is 13.1 Å². The summed E-state index contributed by atoms with van der Waals surface area (Å²) in [6.45, 7) is 4.15. The van der Waals surface area contributed by atoms with Crippen LogP contribution in [-0.2, 0) is 14.4 Å². The molecule has 5 heteroatoms. The van der Waals surface area contributed by atoms with E-state index >= 15 is 0 Å². The lowest BCUT2D eigenvalue weighted by Crippen LogP contribution is -2.38. The van der Waals surface area contributed by atoms with Crippen molar-refractivity contribution >= 4 is 17.7 Å². The summed E-state index contributed by atoms with van der Waals surface area (Å²) >= 11 is 0. The molecule has 1 aliphatic rings. The molecule has 0 bridgehead atoms. The minimum atomic E-state index is -0.315. The number of hydrogen-bond acceptors (Lipinski definition) is 3. The van der Waals surface area contributed by atoms with Gasteiger partial charge < -0.3 is 5.32 Å². The highest BCUT2D eigenvalue weighted by molar-refractivity contribution is 6.12. The first kappa shape index (κ1) is 79.9. The molecule has 1 N–H and O–H groups in total. The third kappa shape index (κ3) is 65.4. The number of nitrogens with zero attached hydrogens (tertiary/aromatic N) is 1. The smallest absolute Gasteiger partial charge is 0.253 e. The normalized spacial score (nSPS) is 5.59. The molecule has 0 aromatic carbocycles. The van der Waals surface area contributed by atoms with E-state index < -0.39 is 0 Å². The first-order valence-electron chi connectivity index (χ1n) is 26.2. The molecule has 0 saturated heterocycles. The number of terminal acetylenes is 1. The molecule has 0 atom stereocenters. The number of amides is 3. The second-order valence-electron chi connectivity index (χ2n) is 13.8. The fraction of sp³-hybridized carbons (Fsp3) is 0.0632. The van der Waals surface area contributed by atoms with Gasteiger partial charge in [0.05, 0.1) is 0 Å². The van der Waals surface area contributed by atoms with Crippen LogP contribution in [0, 0.1) is 498 Å². The monoisotopic (exact) mass is 1230 g/mol. The van der Waals surface area contributed by atoms with Crippen molar-refractivity contribution in [2.24, 2.45) is 0 Å². The molecule has 0 aromatic rings. The van der Waals surface area contributed by atoms with Gasteiger partial charge in [-0.2, -0.15) is 0 Å². The maximum Gasteiger partial charge on any atom is 0.253 e.